The summed E-state index contributed by atoms with van der Waals surface area (Å²) < 4.78 is 0. The second-order valence-corrected chi connectivity index (χ2v) is 1.75. The van der Waals surface area contributed by atoms with Crippen LogP contribution in [0.15, 0.2) is 24.5 Å². The van der Waals surface area contributed by atoms with Crippen LogP contribution in [-0.4, -0.2) is 17.0 Å². The van der Waals surface area contributed by atoms with Crippen LogP contribution in [0.25, 0.3) is 0 Å². The van der Waals surface area contributed by atoms with Crippen LogP contribution in [0.5, 0.6) is 0 Å². The van der Waals surface area contributed by atoms with Crippen LogP contribution < -0.4 is 0 Å². The highest BCUT2D eigenvalue weighted by atomic mass is 16.1. The molecule has 10 heavy (non-hydrogen) atoms. The third-order valence-corrected chi connectivity index (χ3v) is 1.08. The molecule has 0 aromatic carbocycles. The van der Waals surface area contributed by atoms with Crippen LogP contribution in [0.4, 0.5) is 0 Å². The number of rotatable bonds is 2. The van der Waals surface area contributed by atoms with E-state index in [1.165, 1.54) is 6.20 Å². The van der Waals surface area contributed by atoms with Crippen molar-refractivity contribution in [2.45, 2.75) is 0 Å². The second kappa shape index (κ2) is 2.87. The van der Waals surface area contributed by atoms with Gasteiger partial charge in [-0.25, -0.2) is 0 Å². The van der Waals surface area contributed by atoms with E-state index in [0.717, 1.165) is 6.21 Å². The first-order chi connectivity index (χ1) is 4.84. The number of nitrogens with one attached hydrogen (secondary N) is 1. The number of Topliss-reactive ketones (excluding diaryl/α,β-unsaturated/α-hetero) is 1. The summed E-state index contributed by atoms with van der Waals surface area (Å²) in [5, 5.41) is 6.64. The molecule has 0 aliphatic carbocycles. The Hall–Kier alpha value is -1.51. The molecule has 1 heterocycles. The van der Waals surface area contributed by atoms with E-state index in [1.807, 2.05) is 0 Å². The molecule has 0 radical (unpaired) electrons. The van der Waals surface area contributed by atoms with Gasteiger partial charge < -0.3 is 5.41 Å². The molecule has 1 rings (SSSR count). The van der Waals surface area contributed by atoms with Gasteiger partial charge in [0.2, 0.25) is 5.78 Å². The lowest BCUT2D eigenvalue weighted by atomic mass is 10.2. The van der Waals surface area contributed by atoms with Crippen molar-refractivity contribution in [1.29, 1.82) is 5.41 Å². The zero-order valence-electron chi connectivity index (χ0n) is 5.24. The van der Waals surface area contributed by atoms with Gasteiger partial charge in [-0.15, -0.1) is 0 Å². The minimum Gasteiger partial charge on any atom is -0.305 e. The number of carbonyl (C=O) groups is 1. The van der Waals surface area contributed by atoms with E-state index in [1.54, 1.807) is 18.3 Å². The van der Waals surface area contributed by atoms with E-state index >= 15 is 0 Å². The highest BCUT2D eigenvalue weighted by molar-refractivity contribution is 6.34. The number of hydrogen-bond donors (Lipinski definition) is 1. The first kappa shape index (κ1) is 6.61. The average Bonchev–Trinajstić information content (AvgIpc) is 2.05. The molecule has 0 atom stereocenters. The lowest BCUT2D eigenvalue weighted by Gasteiger charge is -1.89. The van der Waals surface area contributed by atoms with Crippen molar-refractivity contribution in [2.75, 3.05) is 0 Å². The summed E-state index contributed by atoms with van der Waals surface area (Å²) in [5.41, 5.74) is 0.456. The van der Waals surface area contributed by atoms with E-state index in [0.29, 0.717) is 5.56 Å². The Morgan fingerprint density at radius 2 is 2.50 bits per heavy atom. The summed E-state index contributed by atoms with van der Waals surface area (Å²) in [6.45, 7) is 0. The summed E-state index contributed by atoms with van der Waals surface area (Å²) in [6, 6.07) is 3.29. The van der Waals surface area contributed by atoms with Gasteiger partial charge in [-0.3, -0.25) is 9.78 Å². The molecule has 0 aliphatic rings. The van der Waals surface area contributed by atoms with Gasteiger partial charge in [-0.05, 0) is 12.1 Å². The van der Waals surface area contributed by atoms with Gasteiger partial charge in [0.15, 0.2) is 0 Å². The highest BCUT2D eigenvalue weighted by Crippen LogP contribution is 1.93. The highest BCUT2D eigenvalue weighted by Gasteiger charge is 1.98. The van der Waals surface area contributed by atoms with Crippen LogP contribution in [0.2, 0.25) is 0 Å². The molecule has 50 valence electrons. The SMILES string of the molecule is N=CC(=O)c1cccnc1. The summed E-state index contributed by atoms with van der Waals surface area (Å²) in [4.78, 5) is 14.5. The Morgan fingerprint density at radius 1 is 1.70 bits per heavy atom. The minimum absolute atomic E-state index is 0.312. The molecule has 0 saturated heterocycles. The minimum atomic E-state index is -0.312. The van der Waals surface area contributed by atoms with Crippen molar-refractivity contribution in [3.63, 3.8) is 0 Å². The number of hydrogen-bond acceptors (Lipinski definition) is 3. The van der Waals surface area contributed by atoms with Crippen molar-refractivity contribution in [3.8, 4) is 0 Å². The maximum Gasteiger partial charge on any atom is 0.204 e. The van der Waals surface area contributed by atoms with E-state index in [2.05, 4.69) is 4.98 Å². The Labute approximate surface area is 58.2 Å². The molecule has 0 amide bonds. The smallest absolute Gasteiger partial charge is 0.204 e. The molecule has 1 aromatic heterocycles. The topological polar surface area (TPSA) is 53.8 Å². The summed E-state index contributed by atoms with van der Waals surface area (Å²) in [6.07, 6.45) is 3.80. The molecule has 1 N–H and O–H groups in total. The zero-order chi connectivity index (χ0) is 7.40. The molecule has 0 saturated carbocycles. The van der Waals surface area contributed by atoms with Crippen molar-refractivity contribution >= 4 is 12.0 Å². The van der Waals surface area contributed by atoms with Gasteiger partial charge in [-0.1, -0.05) is 0 Å². The first-order valence-electron chi connectivity index (χ1n) is 2.79. The third-order valence-electron chi connectivity index (χ3n) is 1.08. The van der Waals surface area contributed by atoms with Crippen molar-refractivity contribution in [3.05, 3.63) is 30.1 Å². The number of ketones is 1. The van der Waals surface area contributed by atoms with Gasteiger partial charge >= 0.3 is 0 Å². The monoisotopic (exact) mass is 134 g/mol. The lowest BCUT2D eigenvalue weighted by Crippen LogP contribution is -1.98. The van der Waals surface area contributed by atoms with Gasteiger partial charge in [-0.2, -0.15) is 0 Å². The summed E-state index contributed by atoms with van der Waals surface area (Å²) in [5.74, 6) is -0.312. The largest absolute Gasteiger partial charge is 0.305 e. The van der Waals surface area contributed by atoms with Gasteiger partial charge in [0.1, 0.15) is 0 Å². The summed E-state index contributed by atoms with van der Waals surface area (Å²) in [7, 11) is 0. The molecule has 0 spiro atoms. The first-order valence-corrected chi connectivity index (χ1v) is 2.79. The molecular formula is C7H6N2O. The lowest BCUT2D eigenvalue weighted by molar-refractivity contribution is 0.107. The van der Waals surface area contributed by atoms with Crippen LogP contribution in [-0.2, 0) is 0 Å². The molecule has 3 nitrogen and oxygen atoms in total. The fourth-order valence-corrected chi connectivity index (χ4v) is 0.592. The number of pyridine rings is 1. The average molecular weight is 134 g/mol. The quantitative estimate of drug-likeness (QED) is 0.483. The predicted octanol–water partition coefficient (Wildman–Crippen LogP) is 0.914. The molecular weight excluding hydrogens is 128 g/mol. The fourth-order valence-electron chi connectivity index (χ4n) is 0.592. The van der Waals surface area contributed by atoms with Gasteiger partial charge in [0.05, 0.1) is 6.21 Å². The molecule has 0 unspecified atom stereocenters. The zero-order valence-corrected chi connectivity index (χ0v) is 5.24. The van der Waals surface area contributed by atoms with Gasteiger partial charge in [0, 0.05) is 18.0 Å². The van der Waals surface area contributed by atoms with E-state index in [4.69, 9.17) is 5.41 Å². The number of nitrogens with zero attached hydrogens (tertiary/aromatic N) is 1. The van der Waals surface area contributed by atoms with Crippen LogP contribution in [0, 0.1) is 5.41 Å². The molecule has 3 heteroatoms. The maximum atomic E-state index is 10.7. The van der Waals surface area contributed by atoms with E-state index in [9.17, 15) is 4.79 Å². The third kappa shape index (κ3) is 1.25. The number of carbonyl (C=O) groups excluding carboxylic acids is 1. The normalized spacial score (nSPS) is 8.80. The molecule has 0 bridgehead atoms. The van der Waals surface area contributed by atoms with Crippen molar-refractivity contribution < 1.29 is 4.79 Å². The van der Waals surface area contributed by atoms with Crippen LogP contribution in [0.3, 0.4) is 0 Å². The van der Waals surface area contributed by atoms with E-state index < -0.39 is 0 Å². The van der Waals surface area contributed by atoms with Crippen LogP contribution in [0.1, 0.15) is 10.4 Å². The van der Waals surface area contributed by atoms with Gasteiger partial charge in [0.25, 0.3) is 0 Å². The van der Waals surface area contributed by atoms with Crippen molar-refractivity contribution in [1.82, 2.24) is 4.98 Å². The molecule has 0 fully saturated rings. The maximum absolute atomic E-state index is 10.7. The Kier molecular flexibility index (Phi) is 1.89. The number of aromatic nitrogens is 1. The Morgan fingerprint density at radius 3 is 3.00 bits per heavy atom. The van der Waals surface area contributed by atoms with Crippen LogP contribution >= 0.6 is 0 Å². The molecule has 1 aromatic rings. The van der Waals surface area contributed by atoms with E-state index in [-0.39, 0.29) is 5.78 Å². The van der Waals surface area contributed by atoms with Crippen molar-refractivity contribution in [2.24, 2.45) is 0 Å². The Balaban J connectivity index is 2.95. The fraction of sp³-hybridized carbons (Fsp3) is 0. The Bertz CT molecular complexity index is 243. The standard InChI is InChI=1S/C7H6N2O/c8-4-7(10)6-2-1-3-9-5-6/h1-5,8H. The second-order valence-electron chi connectivity index (χ2n) is 1.75. The summed E-state index contributed by atoms with van der Waals surface area (Å²) >= 11 is 0. The molecule has 0 aliphatic heterocycles. The predicted molar refractivity (Wildman–Crippen MR) is 37.4 cm³/mol.